The van der Waals surface area contributed by atoms with Crippen molar-refractivity contribution in [1.82, 2.24) is 4.57 Å². The van der Waals surface area contributed by atoms with Gasteiger partial charge in [0.05, 0.1) is 0 Å². The Labute approximate surface area is 105 Å². The minimum atomic E-state index is 0.272. The van der Waals surface area contributed by atoms with Crippen LogP contribution >= 0.6 is 0 Å². The van der Waals surface area contributed by atoms with Gasteiger partial charge in [0, 0.05) is 24.0 Å². The zero-order valence-electron chi connectivity index (χ0n) is 11.4. The van der Waals surface area contributed by atoms with E-state index in [0.29, 0.717) is 6.04 Å². The highest BCUT2D eigenvalue weighted by molar-refractivity contribution is 5.28. The van der Waals surface area contributed by atoms with Crippen LogP contribution in [0, 0.1) is 5.92 Å². The summed E-state index contributed by atoms with van der Waals surface area (Å²) in [5, 5.41) is 0. The first-order chi connectivity index (χ1) is 8.19. The molecule has 0 fully saturated rings. The zero-order chi connectivity index (χ0) is 12.4. The highest BCUT2D eigenvalue weighted by atomic mass is 15.0. The average molecular weight is 234 g/mol. The van der Waals surface area contributed by atoms with Gasteiger partial charge in [-0.2, -0.15) is 0 Å². The van der Waals surface area contributed by atoms with Crippen molar-refractivity contribution in [3.05, 3.63) is 23.5 Å². The van der Waals surface area contributed by atoms with Gasteiger partial charge in [0.25, 0.3) is 0 Å². The van der Waals surface area contributed by atoms with Gasteiger partial charge in [-0.05, 0) is 43.7 Å². The molecule has 96 valence electrons. The van der Waals surface area contributed by atoms with Crippen molar-refractivity contribution in [2.45, 2.75) is 65.0 Å². The zero-order valence-corrected chi connectivity index (χ0v) is 11.4. The lowest BCUT2D eigenvalue weighted by atomic mass is 9.91. The Bertz CT molecular complexity index is 363. The quantitative estimate of drug-likeness (QED) is 0.843. The summed E-state index contributed by atoms with van der Waals surface area (Å²) in [6, 6.07) is 3.13. The Morgan fingerprint density at radius 2 is 2.12 bits per heavy atom. The minimum absolute atomic E-state index is 0.272. The second-order valence-electron chi connectivity index (χ2n) is 5.44. The van der Waals surface area contributed by atoms with Crippen LogP contribution in [-0.2, 0) is 6.42 Å². The summed E-state index contributed by atoms with van der Waals surface area (Å²) in [6.07, 6.45) is 8.39. The molecule has 2 unspecified atom stereocenters. The van der Waals surface area contributed by atoms with Gasteiger partial charge in [0.2, 0.25) is 0 Å². The molecule has 2 atom stereocenters. The second-order valence-corrected chi connectivity index (χ2v) is 5.44. The van der Waals surface area contributed by atoms with Crippen molar-refractivity contribution in [2.75, 3.05) is 0 Å². The summed E-state index contributed by atoms with van der Waals surface area (Å²) in [7, 11) is 0. The monoisotopic (exact) mass is 234 g/mol. The lowest BCUT2D eigenvalue weighted by Gasteiger charge is -2.28. The molecular weight excluding hydrogens is 208 g/mol. The fourth-order valence-corrected chi connectivity index (χ4v) is 3.33. The minimum Gasteiger partial charge on any atom is -0.348 e. The molecule has 1 heterocycles. The Morgan fingerprint density at radius 3 is 2.76 bits per heavy atom. The van der Waals surface area contributed by atoms with Gasteiger partial charge in [-0.15, -0.1) is 0 Å². The average Bonchev–Trinajstić information content (AvgIpc) is 2.75. The molecule has 0 amide bonds. The predicted molar refractivity (Wildman–Crippen MR) is 73.1 cm³/mol. The summed E-state index contributed by atoms with van der Waals surface area (Å²) in [4.78, 5) is 0. The highest BCUT2D eigenvalue weighted by Crippen LogP contribution is 2.33. The van der Waals surface area contributed by atoms with E-state index in [-0.39, 0.29) is 6.04 Å². The first kappa shape index (κ1) is 12.7. The maximum absolute atomic E-state index is 6.19. The third-order valence-corrected chi connectivity index (χ3v) is 4.56. The Hall–Kier alpha value is -0.760. The molecule has 1 aromatic rings. The van der Waals surface area contributed by atoms with Crippen molar-refractivity contribution >= 4 is 0 Å². The van der Waals surface area contributed by atoms with E-state index in [1.807, 2.05) is 0 Å². The van der Waals surface area contributed by atoms with E-state index < -0.39 is 0 Å². The molecule has 0 radical (unpaired) electrons. The fourth-order valence-electron chi connectivity index (χ4n) is 3.33. The summed E-state index contributed by atoms with van der Waals surface area (Å²) < 4.78 is 2.49. The van der Waals surface area contributed by atoms with E-state index in [1.54, 1.807) is 0 Å². The maximum Gasteiger partial charge on any atom is 0.0333 e. The molecule has 2 rings (SSSR count). The molecule has 0 spiro atoms. The maximum atomic E-state index is 6.19. The molecule has 1 aromatic heterocycles. The van der Waals surface area contributed by atoms with Crippen LogP contribution in [-0.4, -0.2) is 4.57 Å². The van der Waals surface area contributed by atoms with Crippen molar-refractivity contribution < 1.29 is 0 Å². The molecule has 17 heavy (non-hydrogen) atoms. The van der Waals surface area contributed by atoms with Crippen LogP contribution in [0.5, 0.6) is 0 Å². The third-order valence-electron chi connectivity index (χ3n) is 4.56. The van der Waals surface area contributed by atoms with Crippen LogP contribution in [0.4, 0.5) is 0 Å². The number of hydrogen-bond acceptors (Lipinski definition) is 1. The number of aromatic nitrogens is 1. The molecule has 0 aromatic carbocycles. The van der Waals surface area contributed by atoms with Crippen LogP contribution in [0.3, 0.4) is 0 Å². The molecular formula is C15H26N2. The van der Waals surface area contributed by atoms with Gasteiger partial charge >= 0.3 is 0 Å². The topological polar surface area (TPSA) is 30.9 Å². The molecule has 1 aliphatic carbocycles. The number of hydrogen-bond donors (Lipinski definition) is 1. The number of nitrogens with zero attached hydrogens (tertiary/aromatic N) is 1. The molecule has 0 bridgehead atoms. The summed E-state index contributed by atoms with van der Waals surface area (Å²) in [5.41, 5.74) is 9.09. The van der Waals surface area contributed by atoms with Crippen LogP contribution < -0.4 is 5.73 Å². The van der Waals surface area contributed by atoms with E-state index in [9.17, 15) is 0 Å². The molecule has 2 nitrogen and oxygen atoms in total. The molecule has 0 saturated carbocycles. The fraction of sp³-hybridized carbons (Fsp3) is 0.733. The van der Waals surface area contributed by atoms with Crippen LogP contribution in [0.15, 0.2) is 12.3 Å². The SMILES string of the molecule is CCC(CC)C(C)n1ccc2c1CCCC2N. The molecule has 2 heteroatoms. The van der Waals surface area contributed by atoms with E-state index in [4.69, 9.17) is 5.73 Å². The van der Waals surface area contributed by atoms with Gasteiger partial charge in [0.15, 0.2) is 0 Å². The van der Waals surface area contributed by atoms with Gasteiger partial charge in [-0.25, -0.2) is 0 Å². The molecule has 1 aliphatic rings. The largest absolute Gasteiger partial charge is 0.348 e. The number of nitrogens with two attached hydrogens (primary N) is 1. The van der Waals surface area contributed by atoms with Gasteiger partial charge in [-0.3, -0.25) is 0 Å². The van der Waals surface area contributed by atoms with E-state index >= 15 is 0 Å². The van der Waals surface area contributed by atoms with Crippen LogP contribution in [0.25, 0.3) is 0 Å². The second kappa shape index (κ2) is 5.26. The summed E-state index contributed by atoms with van der Waals surface area (Å²) in [6.45, 7) is 6.96. The van der Waals surface area contributed by atoms with Crippen LogP contribution in [0.2, 0.25) is 0 Å². The Balaban J connectivity index is 2.27. The van der Waals surface area contributed by atoms with E-state index in [1.165, 1.54) is 36.9 Å². The highest BCUT2D eigenvalue weighted by Gasteiger charge is 2.24. The molecule has 0 saturated heterocycles. The smallest absolute Gasteiger partial charge is 0.0333 e. The molecule has 0 aliphatic heterocycles. The first-order valence-electron chi connectivity index (χ1n) is 7.14. The lowest BCUT2D eigenvalue weighted by Crippen LogP contribution is -2.22. The Kier molecular flexibility index (Phi) is 3.93. The normalized spacial score (nSPS) is 21.6. The van der Waals surface area contributed by atoms with Gasteiger partial charge < -0.3 is 10.3 Å². The van der Waals surface area contributed by atoms with Crippen LogP contribution in [0.1, 0.15) is 69.8 Å². The van der Waals surface area contributed by atoms with E-state index in [0.717, 1.165) is 12.3 Å². The van der Waals surface area contributed by atoms with Crippen molar-refractivity contribution in [2.24, 2.45) is 11.7 Å². The summed E-state index contributed by atoms with van der Waals surface area (Å²) >= 11 is 0. The number of rotatable bonds is 4. The van der Waals surface area contributed by atoms with E-state index in [2.05, 4.69) is 37.6 Å². The van der Waals surface area contributed by atoms with Crippen molar-refractivity contribution in [3.8, 4) is 0 Å². The molecule has 2 N–H and O–H groups in total. The lowest BCUT2D eigenvalue weighted by molar-refractivity contribution is 0.324. The Morgan fingerprint density at radius 1 is 1.41 bits per heavy atom. The third kappa shape index (κ3) is 2.28. The van der Waals surface area contributed by atoms with Crippen molar-refractivity contribution in [1.29, 1.82) is 0 Å². The first-order valence-corrected chi connectivity index (χ1v) is 7.14. The number of fused-ring (bicyclic) bond motifs is 1. The van der Waals surface area contributed by atoms with Crippen molar-refractivity contribution in [3.63, 3.8) is 0 Å². The summed E-state index contributed by atoms with van der Waals surface area (Å²) in [5.74, 6) is 0.782. The predicted octanol–water partition coefficient (Wildman–Crippen LogP) is 3.82. The van der Waals surface area contributed by atoms with Gasteiger partial charge in [0.1, 0.15) is 0 Å². The standard InChI is InChI=1S/C15H26N2/c1-4-12(5-2)11(3)17-10-9-13-14(16)7-6-8-15(13)17/h9-12,14H,4-8,16H2,1-3H3. The van der Waals surface area contributed by atoms with Gasteiger partial charge in [-0.1, -0.05) is 26.7 Å².